The molecule has 2 aromatic carbocycles. The number of amides is 2. The van der Waals surface area contributed by atoms with Crippen LogP contribution in [0.15, 0.2) is 66.3 Å². The Labute approximate surface area is 231 Å². The highest BCUT2D eigenvalue weighted by molar-refractivity contribution is 7.99. The average Bonchev–Trinajstić information content (AvgIpc) is 3.28. The first kappa shape index (κ1) is 28.9. The Hall–Kier alpha value is -3.63. The van der Waals surface area contributed by atoms with Crippen molar-refractivity contribution < 1.29 is 19.1 Å². The standard InChI is InChI=1S/C27H30ClN5O4S/c1-5-15-33-24(23(17(3)4)30-25(35)20-9-7-8-10-21(20)28)31-32-27(33)38-16-22(34)29-19-13-11-18(12-14-19)26(36)37-6-2/h5,7-14,17,23H,1,6,15-16H2,2-4H3,(H,29,34)(H,30,35)/t23-/m1/s1. The molecule has 0 saturated carbocycles. The molecule has 2 N–H and O–H groups in total. The lowest BCUT2D eigenvalue weighted by molar-refractivity contribution is -0.113. The lowest BCUT2D eigenvalue weighted by atomic mass is 10.0. The van der Waals surface area contributed by atoms with Crippen molar-refractivity contribution in [3.63, 3.8) is 0 Å². The molecule has 0 aliphatic heterocycles. The van der Waals surface area contributed by atoms with Crippen molar-refractivity contribution in [3.8, 4) is 0 Å². The van der Waals surface area contributed by atoms with Gasteiger partial charge in [0.2, 0.25) is 5.91 Å². The maximum Gasteiger partial charge on any atom is 0.338 e. The molecule has 1 heterocycles. The molecule has 1 atom stereocenters. The normalized spacial score (nSPS) is 11.6. The van der Waals surface area contributed by atoms with Gasteiger partial charge in [-0.3, -0.25) is 9.59 Å². The van der Waals surface area contributed by atoms with Crippen molar-refractivity contribution in [2.45, 2.75) is 38.5 Å². The Morgan fingerprint density at radius 2 is 1.84 bits per heavy atom. The summed E-state index contributed by atoms with van der Waals surface area (Å²) in [6.45, 7) is 10.2. The summed E-state index contributed by atoms with van der Waals surface area (Å²) in [5, 5.41) is 15.3. The van der Waals surface area contributed by atoms with Crippen molar-refractivity contribution in [2.24, 2.45) is 5.92 Å². The topological polar surface area (TPSA) is 115 Å². The first-order valence-corrected chi connectivity index (χ1v) is 13.4. The van der Waals surface area contributed by atoms with Gasteiger partial charge in [0.05, 0.1) is 34.6 Å². The highest BCUT2D eigenvalue weighted by atomic mass is 35.5. The molecule has 0 unspecified atom stereocenters. The molecule has 0 aliphatic rings. The summed E-state index contributed by atoms with van der Waals surface area (Å²) in [6.07, 6.45) is 1.70. The number of thioether (sulfide) groups is 1. The molecule has 0 radical (unpaired) electrons. The molecule has 2 amide bonds. The van der Waals surface area contributed by atoms with E-state index in [0.717, 1.165) is 0 Å². The van der Waals surface area contributed by atoms with E-state index in [0.29, 0.717) is 46.0 Å². The predicted molar refractivity (Wildman–Crippen MR) is 148 cm³/mol. The third-order valence-corrected chi connectivity index (χ3v) is 6.72. The van der Waals surface area contributed by atoms with E-state index in [1.54, 1.807) is 61.5 Å². The first-order valence-electron chi connectivity index (χ1n) is 12.0. The minimum absolute atomic E-state index is 0.00655. The molecular weight excluding hydrogens is 526 g/mol. The molecule has 11 heteroatoms. The van der Waals surface area contributed by atoms with Crippen LogP contribution in [-0.2, 0) is 16.1 Å². The van der Waals surface area contributed by atoms with Crippen LogP contribution in [0.4, 0.5) is 5.69 Å². The lowest BCUT2D eigenvalue weighted by Gasteiger charge is -2.23. The Balaban J connectivity index is 1.70. The molecule has 38 heavy (non-hydrogen) atoms. The van der Waals surface area contributed by atoms with E-state index in [1.165, 1.54) is 11.8 Å². The summed E-state index contributed by atoms with van der Waals surface area (Å²) in [5.41, 5.74) is 1.33. The van der Waals surface area contributed by atoms with Crippen LogP contribution in [0, 0.1) is 5.92 Å². The van der Waals surface area contributed by atoms with Crippen molar-refractivity contribution in [1.29, 1.82) is 0 Å². The van der Waals surface area contributed by atoms with Crippen LogP contribution in [0.3, 0.4) is 0 Å². The van der Waals surface area contributed by atoms with Crippen LogP contribution in [0.2, 0.25) is 5.02 Å². The smallest absolute Gasteiger partial charge is 0.338 e. The van der Waals surface area contributed by atoms with Gasteiger partial charge in [-0.15, -0.1) is 16.8 Å². The SMILES string of the molecule is C=CCn1c(SCC(=O)Nc2ccc(C(=O)OCC)cc2)nnc1[C@H](NC(=O)c1ccccc1Cl)C(C)C. The van der Waals surface area contributed by atoms with Gasteiger partial charge in [0.25, 0.3) is 5.91 Å². The number of halogens is 1. The predicted octanol–water partition coefficient (Wildman–Crippen LogP) is 5.15. The minimum atomic E-state index is -0.452. The van der Waals surface area contributed by atoms with E-state index >= 15 is 0 Å². The number of carbonyl (C=O) groups is 3. The Morgan fingerprint density at radius 3 is 2.47 bits per heavy atom. The number of carbonyl (C=O) groups excluding carboxylic acids is 3. The number of benzene rings is 2. The minimum Gasteiger partial charge on any atom is -0.462 e. The third kappa shape index (κ3) is 7.45. The van der Waals surface area contributed by atoms with Crippen LogP contribution in [-0.4, -0.2) is 44.9 Å². The summed E-state index contributed by atoms with van der Waals surface area (Å²) < 4.78 is 6.80. The fourth-order valence-electron chi connectivity index (χ4n) is 3.56. The number of rotatable bonds is 12. The summed E-state index contributed by atoms with van der Waals surface area (Å²) in [5.74, 6) is -0.356. The van der Waals surface area contributed by atoms with E-state index in [4.69, 9.17) is 16.3 Å². The van der Waals surface area contributed by atoms with Gasteiger partial charge in [0.15, 0.2) is 11.0 Å². The van der Waals surface area contributed by atoms with Gasteiger partial charge in [0.1, 0.15) is 0 Å². The molecule has 3 rings (SSSR count). The van der Waals surface area contributed by atoms with Crippen molar-refractivity contribution in [1.82, 2.24) is 20.1 Å². The Bertz CT molecular complexity index is 1290. The number of ether oxygens (including phenoxy) is 1. The molecule has 3 aromatic rings. The number of anilines is 1. The maximum absolute atomic E-state index is 13.0. The first-order chi connectivity index (χ1) is 18.2. The zero-order valence-electron chi connectivity index (χ0n) is 21.4. The van der Waals surface area contributed by atoms with Crippen molar-refractivity contribution in [3.05, 3.63) is 83.2 Å². The third-order valence-electron chi connectivity index (χ3n) is 5.42. The van der Waals surface area contributed by atoms with Crippen LogP contribution >= 0.6 is 23.4 Å². The quantitative estimate of drug-likeness (QED) is 0.180. The molecule has 9 nitrogen and oxygen atoms in total. The fraction of sp³-hybridized carbons (Fsp3) is 0.296. The largest absolute Gasteiger partial charge is 0.462 e. The summed E-state index contributed by atoms with van der Waals surface area (Å²) in [7, 11) is 0. The van der Waals surface area contributed by atoms with E-state index in [1.807, 2.05) is 18.4 Å². The van der Waals surface area contributed by atoms with Gasteiger partial charge >= 0.3 is 5.97 Å². The average molecular weight is 556 g/mol. The van der Waals surface area contributed by atoms with Crippen LogP contribution < -0.4 is 10.6 Å². The van der Waals surface area contributed by atoms with Crippen LogP contribution in [0.1, 0.15) is 53.4 Å². The number of hydrogen-bond acceptors (Lipinski definition) is 7. The van der Waals surface area contributed by atoms with Crippen LogP contribution in [0.5, 0.6) is 0 Å². The fourth-order valence-corrected chi connectivity index (χ4v) is 4.54. The second-order valence-electron chi connectivity index (χ2n) is 8.55. The molecule has 0 fully saturated rings. The van der Waals surface area contributed by atoms with E-state index < -0.39 is 12.0 Å². The number of allylic oxidation sites excluding steroid dienone is 1. The van der Waals surface area contributed by atoms with E-state index in [9.17, 15) is 14.4 Å². The molecule has 0 spiro atoms. The van der Waals surface area contributed by atoms with Gasteiger partial charge in [-0.1, -0.05) is 55.4 Å². The van der Waals surface area contributed by atoms with Crippen molar-refractivity contribution >= 4 is 46.8 Å². The molecule has 0 saturated heterocycles. The van der Waals surface area contributed by atoms with Gasteiger partial charge < -0.3 is 19.9 Å². The molecule has 1 aromatic heterocycles. The molecular formula is C27H30ClN5O4S. The number of esters is 1. The number of hydrogen-bond donors (Lipinski definition) is 2. The summed E-state index contributed by atoms with van der Waals surface area (Å²) in [6, 6.07) is 12.9. The van der Waals surface area contributed by atoms with Gasteiger partial charge in [-0.05, 0) is 49.2 Å². The van der Waals surface area contributed by atoms with Crippen LogP contribution in [0.25, 0.3) is 0 Å². The van der Waals surface area contributed by atoms with E-state index in [2.05, 4.69) is 27.4 Å². The Morgan fingerprint density at radius 1 is 1.13 bits per heavy atom. The number of nitrogens with zero attached hydrogens (tertiary/aromatic N) is 3. The molecule has 200 valence electrons. The second-order valence-corrected chi connectivity index (χ2v) is 9.90. The molecule has 0 bridgehead atoms. The highest BCUT2D eigenvalue weighted by Gasteiger charge is 2.27. The van der Waals surface area contributed by atoms with Gasteiger partial charge in [-0.25, -0.2) is 4.79 Å². The monoisotopic (exact) mass is 555 g/mol. The van der Waals surface area contributed by atoms with Gasteiger partial charge in [-0.2, -0.15) is 0 Å². The second kappa shape index (κ2) is 13.8. The number of nitrogens with one attached hydrogen (secondary N) is 2. The zero-order chi connectivity index (χ0) is 27.7. The lowest BCUT2D eigenvalue weighted by Crippen LogP contribution is -2.34. The summed E-state index contributed by atoms with van der Waals surface area (Å²) in [4.78, 5) is 37.3. The Kier molecular flexibility index (Phi) is 10.5. The maximum atomic E-state index is 13.0. The van der Waals surface area contributed by atoms with Crippen molar-refractivity contribution in [2.75, 3.05) is 17.7 Å². The number of aromatic nitrogens is 3. The van der Waals surface area contributed by atoms with Gasteiger partial charge in [0, 0.05) is 12.2 Å². The highest BCUT2D eigenvalue weighted by Crippen LogP contribution is 2.26. The summed E-state index contributed by atoms with van der Waals surface area (Å²) >= 11 is 7.43. The molecule has 0 aliphatic carbocycles. The zero-order valence-corrected chi connectivity index (χ0v) is 23.0. The van der Waals surface area contributed by atoms with E-state index in [-0.39, 0.29) is 23.5 Å².